The van der Waals surface area contributed by atoms with Gasteiger partial charge in [0.25, 0.3) is 5.56 Å². The molecule has 1 aromatic carbocycles. The van der Waals surface area contributed by atoms with Gasteiger partial charge in [-0.15, -0.1) is 0 Å². The lowest BCUT2D eigenvalue weighted by Crippen LogP contribution is -2.23. The second-order valence-corrected chi connectivity index (χ2v) is 4.42. The maximum atomic E-state index is 11.7. The Kier molecular flexibility index (Phi) is 3.89. The highest BCUT2D eigenvalue weighted by molar-refractivity contribution is 6.33. The molecular weight excluding hydrogens is 275 g/mol. The van der Waals surface area contributed by atoms with Gasteiger partial charge in [-0.05, 0) is 17.7 Å². The van der Waals surface area contributed by atoms with Crippen LogP contribution < -0.4 is 10.3 Å². The van der Waals surface area contributed by atoms with Crippen LogP contribution in [-0.4, -0.2) is 16.9 Å². The fourth-order valence-corrected chi connectivity index (χ4v) is 1.95. The first-order chi connectivity index (χ1) is 8.60. The number of halogens is 2. The van der Waals surface area contributed by atoms with Crippen molar-refractivity contribution >= 4 is 23.2 Å². The lowest BCUT2D eigenvalue weighted by molar-refractivity contribution is 0.414. The largest absolute Gasteiger partial charge is 0.497 e. The van der Waals surface area contributed by atoms with E-state index in [1.807, 2.05) is 24.3 Å². The molecule has 18 heavy (non-hydrogen) atoms. The van der Waals surface area contributed by atoms with Gasteiger partial charge in [0.2, 0.25) is 0 Å². The van der Waals surface area contributed by atoms with Gasteiger partial charge < -0.3 is 4.74 Å². The summed E-state index contributed by atoms with van der Waals surface area (Å²) in [5.74, 6) is 0.753. The number of hydrogen-bond acceptors (Lipinski definition) is 3. The Morgan fingerprint density at radius 2 is 1.94 bits per heavy atom. The van der Waals surface area contributed by atoms with E-state index in [4.69, 9.17) is 27.9 Å². The molecule has 4 nitrogen and oxygen atoms in total. The van der Waals surface area contributed by atoms with Crippen LogP contribution in [0.5, 0.6) is 5.75 Å². The monoisotopic (exact) mass is 284 g/mol. The minimum absolute atomic E-state index is 0.0588. The van der Waals surface area contributed by atoms with Crippen LogP contribution in [0.4, 0.5) is 0 Å². The zero-order valence-electron chi connectivity index (χ0n) is 9.56. The first-order valence-corrected chi connectivity index (χ1v) is 5.92. The Morgan fingerprint density at radius 1 is 1.28 bits per heavy atom. The lowest BCUT2D eigenvalue weighted by atomic mass is 10.2. The maximum absolute atomic E-state index is 11.7. The molecule has 0 aliphatic heterocycles. The number of methoxy groups -OCH3 is 1. The summed E-state index contributed by atoms with van der Waals surface area (Å²) < 4.78 is 6.28. The Bertz CT molecular complexity index is 608. The van der Waals surface area contributed by atoms with Crippen molar-refractivity contribution in [2.24, 2.45) is 0 Å². The van der Waals surface area contributed by atoms with Crippen molar-refractivity contribution in [2.75, 3.05) is 7.11 Å². The average molecular weight is 285 g/mol. The van der Waals surface area contributed by atoms with Crippen molar-refractivity contribution in [3.05, 3.63) is 56.4 Å². The highest BCUT2D eigenvalue weighted by Gasteiger charge is 2.06. The molecule has 0 N–H and O–H groups in total. The maximum Gasteiger partial charge on any atom is 0.285 e. The smallest absolute Gasteiger partial charge is 0.285 e. The number of rotatable bonds is 3. The van der Waals surface area contributed by atoms with E-state index >= 15 is 0 Å². The van der Waals surface area contributed by atoms with E-state index in [2.05, 4.69) is 5.10 Å². The summed E-state index contributed by atoms with van der Waals surface area (Å²) in [4.78, 5) is 11.7. The van der Waals surface area contributed by atoms with Crippen LogP contribution in [0.25, 0.3) is 0 Å². The van der Waals surface area contributed by atoms with E-state index in [1.165, 1.54) is 10.7 Å². The first-order valence-electron chi connectivity index (χ1n) is 5.16. The van der Waals surface area contributed by atoms with E-state index in [0.717, 1.165) is 11.3 Å². The second kappa shape index (κ2) is 5.42. The predicted octanol–water partition coefficient (Wildman–Crippen LogP) is 2.61. The van der Waals surface area contributed by atoms with Gasteiger partial charge in [-0.1, -0.05) is 35.3 Å². The fraction of sp³-hybridized carbons (Fsp3) is 0.167. The van der Waals surface area contributed by atoms with Crippen LogP contribution in [-0.2, 0) is 6.54 Å². The van der Waals surface area contributed by atoms with Gasteiger partial charge >= 0.3 is 0 Å². The van der Waals surface area contributed by atoms with E-state index in [-0.39, 0.29) is 15.7 Å². The summed E-state index contributed by atoms with van der Waals surface area (Å²) in [7, 11) is 1.60. The van der Waals surface area contributed by atoms with Crippen molar-refractivity contribution in [3.63, 3.8) is 0 Å². The summed E-state index contributed by atoms with van der Waals surface area (Å²) >= 11 is 11.5. The second-order valence-electron chi connectivity index (χ2n) is 3.63. The Morgan fingerprint density at radius 3 is 2.56 bits per heavy atom. The molecule has 0 bridgehead atoms. The summed E-state index contributed by atoms with van der Waals surface area (Å²) in [6, 6.07) is 8.65. The van der Waals surface area contributed by atoms with Gasteiger partial charge in [0.1, 0.15) is 10.8 Å². The Hall–Kier alpha value is -1.52. The van der Waals surface area contributed by atoms with Crippen LogP contribution in [0.3, 0.4) is 0 Å². The van der Waals surface area contributed by atoms with Crippen LogP contribution in [0.1, 0.15) is 5.56 Å². The van der Waals surface area contributed by atoms with E-state index < -0.39 is 0 Å². The van der Waals surface area contributed by atoms with E-state index in [1.54, 1.807) is 7.11 Å². The minimum atomic E-state index is -0.364. The van der Waals surface area contributed by atoms with Crippen molar-refractivity contribution in [2.45, 2.75) is 6.54 Å². The molecule has 0 saturated heterocycles. The SMILES string of the molecule is COc1ccc(Cn2nc(Cl)cc(Cl)c2=O)cc1. The van der Waals surface area contributed by atoms with E-state index in [0.29, 0.717) is 6.54 Å². The number of aromatic nitrogens is 2. The molecule has 1 heterocycles. The summed E-state index contributed by atoms with van der Waals surface area (Å²) in [5, 5.41) is 4.17. The molecule has 2 rings (SSSR count). The Balaban J connectivity index is 2.31. The molecule has 2 aromatic rings. The van der Waals surface area contributed by atoms with Gasteiger partial charge in [0, 0.05) is 6.07 Å². The molecule has 0 radical (unpaired) electrons. The zero-order valence-corrected chi connectivity index (χ0v) is 11.1. The van der Waals surface area contributed by atoms with Crippen molar-refractivity contribution in [1.82, 2.24) is 9.78 Å². The summed E-state index contributed by atoms with van der Waals surface area (Å²) in [6.45, 7) is 0.309. The molecular formula is C12H10Cl2N2O2. The zero-order chi connectivity index (χ0) is 13.1. The van der Waals surface area contributed by atoms with E-state index in [9.17, 15) is 4.79 Å². The highest BCUT2D eigenvalue weighted by Crippen LogP contribution is 2.13. The molecule has 6 heteroatoms. The van der Waals surface area contributed by atoms with Gasteiger partial charge in [-0.3, -0.25) is 4.79 Å². The van der Waals surface area contributed by atoms with Gasteiger partial charge in [0.15, 0.2) is 5.15 Å². The third-order valence-electron chi connectivity index (χ3n) is 2.39. The molecule has 0 spiro atoms. The fourth-order valence-electron chi connectivity index (χ4n) is 1.49. The number of hydrogen-bond donors (Lipinski definition) is 0. The molecule has 0 fully saturated rings. The molecule has 0 aliphatic carbocycles. The number of ether oxygens (including phenoxy) is 1. The van der Waals surface area contributed by atoms with Crippen molar-refractivity contribution < 1.29 is 4.74 Å². The van der Waals surface area contributed by atoms with Crippen LogP contribution >= 0.6 is 23.2 Å². The molecule has 94 valence electrons. The molecule has 0 unspecified atom stereocenters. The molecule has 0 amide bonds. The quantitative estimate of drug-likeness (QED) is 0.870. The molecule has 0 aliphatic rings. The molecule has 0 atom stereocenters. The summed E-state index contributed by atoms with van der Waals surface area (Å²) in [5.41, 5.74) is 0.542. The topological polar surface area (TPSA) is 44.1 Å². The highest BCUT2D eigenvalue weighted by atomic mass is 35.5. The number of benzene rings is 1. The van der Waals surface area contributed by atoms with Crippen LogP contribution in [0.2, 0.25) is 10.2 Å². The normalized spacial score (nSPS) is 10.4. The summed E-state index contributed by atoms with van der Waals surface area (Å²) in [6.07, 6.45) is 0. The van der Waals surface area contributed by atoms with Crippen LogP contribution in [0.15, 0.2) is 35.1 Å². The lowest BCUT2D eigenvalue weighted by Gasteiger charge is -2.06. The molecule has 0 saturated carbocycles. The standard InChI is InChI=1S/C12H10Cl2N2O2/c1-18-9-4-2-8(3-5-9)7-16-12(17)10(13)6-11(14)15-16/h2-6H,7H2,1H3. The Labute approximate surface area is 114 Å². The number of nitrogens with zero attached hydrogens (tertiary/aromatic N) is 2. The minimum Gasteiger partial charge on any atom is -0.497 e. The van der Waals surface area contributed by atoms with Gasteiger partial charge in [-0.2, -0.15) is 5.10 Å². The predicted molar refractivity (Wildman–Crippen MR) is 70.6 cm³/mol. The van der Waals surface area contributed by atoms with Crippen molar-refractivity contribution in [3.8, 4) is 5.75 Å². The average Bonchev–Trinajstić information content (AvgIpc) is 2.36. The van der Waals surface area contributed by atoms with Gasteiger partial charge in [0.05, 0.1) is 13.7 Å². The van der Waals surface area contributed by atoms with Gasteiger partial charge in [-0.25, -0.2) is 4.68 Å². The molecule has 1 aromatic heterocycles. The van der Waals surface area contributed by atoms with Crippen molar-refractivity contribution in [1.29, 1.82) is 0 Å². The van der Waals surface area contributed by atoms with Crippen LogP contribution in [0, 0.1) is 0 Å². The third-order valence-corrected chi connectivity index (χ3v) is 2.85. The first kappa shape index (κ1) is 12.9. The third kappa shape index (κ3) is 2.83.